The molecule has 0 saturated carbocycles. The molecule has 1 aromatic carbocycles. The fourth-order valence-corrected chi connectivity index (χ4v) is 2.35. The Balaban J connectivity index is 2.99. The van der Waals surface area contributed by atoms with Crippen molar-refractivity contribution in [3.63, 3.8) is 0 Å². The molecule has 0 bridgehead atoms. The van der Waals surface area contributed by atoms with Crippen LogP contribution in [0.4, 0.5) is 5.69 Å². The lowest BCUT2D eigenvalue weighted by atomic mass is 10.1. The van der Waals surface area contributed by atoms with Gasteiger partial charge in [0, 0.05) is 35.9 Å². The van der Waals surface area contributed by atoms with Crippen LogP contribution < -0.4 is 10.2 Å². The Morgan fingerprint density at radius 2 is 1.90 bits per heavy atom. The van der Waals surface area contributed by atoms with Gasteiger partial charge >= 0.3 is 0 Å². The number of nitrogens with zero attached hydrogens (tertiary/aromatic N) is 1. The molecule has 0 fully saturated rings. The Labute approximate surface area is 129 Å². The maximum absolute atomic E-state index is 6.20. The number of anilines is 1. The average molecular weight is 297 g/mol. The second kappa shape index (κ2) is 7.33. The monoisotopic (exact) mass is 296 g/mol. The number of hydrogen-bond donors (Lipinski definition) is 1. The summed E-state index contributed by atoms with van der Waals surface area (Å²) in [7, 11) is 0. The van der Waals surface area contributed by atoms with Crippen LogP contribution in [0.15, 0.2) is 18.2 Å². The summed E-state index contributed by atoms with van der Waals surface area (Å²) in [5, 5.41) is 4.37. The zero-order chi connectivity index (χ0) is 15.3. The summed E-state index contributed by atoms with van der Waals surface area (Å²) in [6.45, 7) is 16.2. The van der Waals surface area contributed by atoms with Crippen molar-refractivity contribution in [1.82, 2.24) is 5.32 Å². The van der Waals surface area contributed by atoms with Crippen molar-refractivity contribution in [1.29, 1.82) is 0 Å². The molecule has 1 rings (SSSR count). The van der Waals surface area contributed by atoms with Crippen LogP contribution in [0.25, 0.3) is 0 Å². The number of hydrogen-bond acceptors (Lipinski definition) is 2. The quantitative estimate of drug-likeness (QED) is 0.818. The Morgan fingerprint density at radius 3 is 2.40 bits per heavy atom. The Kier molecular flexibility index (Phi) is 6.35. The maximum Gasteiger partial charge on any atom is 0.0426 e. The van der Waals surface area contributed by atoms with Gasteiger partial charge in [-0.3, -0.25) is 0 Å². The fourth-order valence-electron chi connectivity index (χ4n) is 2.18. The molecule has 0 aliphatic carbocycles. The van der Waals surface area contributed by atoms with Gasteiger partial charge in [-0.15, -0.1) is 0 Å². The molecule has 0 aliphatic heterocycles. The third kappa shape index (κ3) is 5.72. The first-order chi connectivity index (χ1) is 9.23. The van der Waals surface area contributed by atoms with E-state index in [2.05, 4.69) is 63.9 Å². The van der Waals surface area contributed by atoms with Crippen LogP contribution in [-0.4, -0.2) is 18.6 Å². The summed E-state index contributed by atoms with van der Waals surface area (Å²) in [5.41, 5.74) is 2.68. The van der Waals surface area contributed by atoms with Crippen molar-refractivity contribution >= 4 is 17.3 Å². The predicted molar refractivity (Wildman–Crippen MR) is 90.8 cm³/mol. The van der Waals surface area contributed by atoms with Gasteiger partial charge in [0.25, 0.3) is 0 Å². The molecule has 114 valence electrons. The van der Waals surface area contributed by atoms with Gasteiger partial charge in [0.2, 0.25) is 0 Å². The summed E-state index contributed by atoms with van der Waals surface area (Å²) in [6, 6.07) is 6.21. The highest BCUT2D eigenvalue weighted by molar-refractivity contribution is 6.30. The summed E-state index contributed by atoms with van der Waals surface area (Å²) in [5.74, 6) is 0.636. The standard InChI is InChI=1S/C17H29ClN2/c1-7-20(12-13(2)3)16-10-15(18)9-8-14(16)11-19-17(4,5)6/h8-10,13,19H,7,11-12H2,1-6H3. The van der Waals surface area contributed by atoms with Crippen LogP contribution >= 0.6 is 11.6 Å². The molecule has 0 amide bonds. The first-order valence-electron chi connectivity index (χ1n) is 7.51. The van der Waals surface area contributed by atoms with Crippen LogP contribution in [0.2, 0.25) is 5.02 Å². The molecule has 0 spiro atoms. The Morgan fingerprint density at radius 1 is 1.25 bits per heavy atom. The first-order valence-corrected chi connectivity index (χ1v) is 7.89. The summed E-state index contributed by atoms with van der Waals surface area (Å²) in [6.07, 6.45) is 0. The van der Waals surface area contributed by atoms with Crippen molar-refractivity contribution in [2.24, 2.45) is 5.92 Å². The largest absolute Gasteiger partial charge is 0.371 e. The second-order valence-corrected chi connectivity index (χ2v) is 7.25. The van der Waals surface area contributed by atoms with Crippen LogP contribution in [0.3, 0.4) is 0 Å². The molecule has 0 radical (unpaired) electrons. The van der Waals surface area contributed by atoms with E-state index in [0.717, 1.165) is 24.7 Å². The molecule has 0 atom stereocenters. The van der Waals surface area contributed by atoms with Crippen molar-refractivity contribution in [3.8, 4) is 0 Å². The number of rotatable bonds is 6. The molecule has 3 heteroatoms. The lowest BCUT2D eigenvalue weighted by Crippen LogP contribution is -2.36. The predicted octanol–water partition coefficient (Wildman–Crippen LogP) is 4.71. The van der Waals surface area contributed by atoms with E-state index in [4.69, 9.17) is 11.6 Å². The summed E-state index contributed by atoms with van der Waals surface area (Å²) >= 11 is 6.20. The Bertz CT molecular complexity index is 421. The Hall–Kier alpha value is -0.730. The van der Waals surface area contributed by atoms with Crippen LogP contribution in [0.1, 0.15) is 47.1 Å². The SMILES string of the molecule is CCN(CC(C)C)c1cc(Cl)ccc1CNC(C)(C)C. The van der Waals surface area contributed by atoms with E-state index in [-0.39, 0.29) is 5.54 Å². The van der Waals surface area contributed by atoms with Gasteiger partial charge in [-0.2, -0.15) is 0 Å². The van der Waals surface area contributed by atoms with Crippen molar-refractivity contribution in [2.45, 2.75) is 53.6 Å². The molecule has 2 nitrogen and oxygen atoms in total. The minimum absolute atomic E-state index is 0.117. The van der Waals surface area contributed by atoms with E-state index in [1.807, 2.05) is 6.07 Å². The van der Waals surface area contributed by atoms with Gasteiger partial charge in [0.1, 0.15) is 0 Å². The maximum atomic E-state index is 6.20. The van der Waals surface area contributed by atoms with Crippen LogP contribution in [-0.2, 0) is 6.54 Å². The number of halogens is 1. The normalized spacial score (nSPS) is 12.0. The van der Waals surface area contributed by atoms with E-state index < -0.39 is 0 Å². The van der Waals surface area contributed by atoms with Gasteiger partial charge in [-0.05, 0) is 51.3 Å². The second-order valence-electron chi connectivity index (χ2n) is 6.81. The van der Waals surface area contributed by atoms with Gasteiger partial charge in [0.05, 0.1) is 0 Å². The van der Waals surface area contributed by atoms with E-state index in [1.165, 1.54) is 11.3 Å². The van der Waals surface area contributed by atoms with E-state index in [9.17, 15) is 0 Å². The number of nitrogens with one attached hydrogen (secondary N) is 1. The van der Waals surface area contributed by atoms with Gasteiger partial charge in [0.15, 0.2) is 0 Å². The van der Waals surface area contributed by atoms with Crippen LogP contribution in [0, 0.1) is 5.92 Å². The van der Waals surface area contributed by atoms with E-state index >= 15 is 0 Å². The minimum atomic E-state index is 0.117. The lowest BCUT2D eigenvalue weighted by Gasteiger charge is -2.29. The smallest absolute Gasteiger partial charge is 0.0426 e. The highest BCUT2D eigenvalue weighted by Gasteiger charge is 2.14. The van der Waals surface area contributed by atoms with Crippen molar-refractivity contribution in [3.05, 3.63) is 28.8 Å². The fraction of sp³-hybridized carbons (Fsp3) is 0.647. The van der Waals surface area contributed by atoms with E-state index in [1.54, 1.807) is 0 Å². The summed E-state index contributed by atoms with van der Waals surface area (Å²) < 4.78 is 0. The number of benzene rings is 1. The van der Waals surface area contributed by atoms with Gasteiger partial charge in [-0.25, -0.2) is 0 Å². The van der Waals surface area contributed by atoms with Gasteiger partial charge in [-0.1, -0.05) is 31.5 Å². The molecule has 1 N–H and O–H groups in total. The third-order valence-corrected chi connectivity index (χ3v) is 3.40. The average Bonchev–Trinajstić information content (AvgIpc) is 2.33. The molecule has 0 heterocycles. The summed E-state index contributed by atoms with van der Waals surface area (Å²) in [4.78, 5) is 2.41. The lowest BCUT2D eigenvalue weighted by molar-refractivity contribution is 0.424. The van der Waals surface area contributed by atoms with Crippen molar-refractivity contribution in [2.75, 3.05) is 18.0 Å². The zero-order valence-corrected chi connectivity index (χ0v) is 14.5. The molecule has 0 unspecified atom stereocenters. The molecule has 0 aromatic heterocycles. The molecule has 0 saturated heterocycles. The topological polar surface area (TPSA) is 15.3 Å². The van der Waals surface area contributed by atoms with E-state index in [0.29, 0.717) is 5.92 Å². The van der Waals surface area contributed by atoms with Crippen molar-refractivity contribution < 1.29 is 0 Å². The molecular formula is C17H29ClN2. The molecule has 0 aliphatic rings. The molecule has 1 aromatic rings. The minimum Gasteiger partial charge on any atom is -0.371 e. The molecule has 20 heavy (non-hydrogen) atoms. The highest BCUT2D eigenvalue weighted by Crippen LogP contribution is 2.26. The zero-order valence-electron chi connectivity index (χ0n) is 13.8. The van der Waals surface area contributed by atoms with Crippen LogP contribution in [0.5, 0.6) is 0 Å². The van der Waals surface area contributed by atoms with Gasteiger partial charge < -0.3 is 10.2 Å². The third-order valence-electron chi connectivity index (χ3n) is 3.16. The first kappa shape index (κ1) is 17.3. The highest BCUT2D eigenvalue weighted by atomic mass is 35.5. The molecular weight excluding hydrogens is 268 g/mol.